The molecule has 0 aliphatic carbocycles. The molecule has 0 atom stereocenters. The van der Waals surface area contributed by atoms with E-state index in [2.05, 4.69) is 14.5 Å². The molecule has 5 nitrogen and oxygen atoms in total. The van der Waals surface area contributed by atoms with E-state index in [0.717, 1.165) is 13.3 Å². The third-order valence-electron chi connectivity index (χ3n) is 2.41. The quantitative estimate of drug-likeness (QED) is 0.844. The van der Waals surface area contributed by atoms with Crippen LogP contribution in [-0.2, 0) is 22.5 Å². The summed E-state index contributed by atoms with van der Waals surface area (Å²) in [5.41, 5.74) is 5.79. The first-order valence-corrected chi connectivity index (χ1v) is 5.28. The van der Waals surface area contributed by atoms with Crippen molar-refractivity contribution >= 4 is 5.97 Å². The highest BCUT2D eigenvalue weighted by molar-refractivity contribution is 5.73. The summed E-state index contributed by atoms with van der Waals surface area (Å²) in [5, 5.41) is 0. The highest BCUT2D eigenvalue weighted by atomic mass is 19.4. The van der Waals surface area contributed by atoms with Crippen LogP contribution in [0.3, 0.4) is 0 Å². The lowest BCUT2D eigenvalue weighted by Gasteiger charge is -2.16. The molecule has 0 bridgehead atoms. The third kappa shape index (κ3) is 4.09. The van der Waals surface area contributed by atoms with Gasteiger partial charge < -0.3 is 15.2 Å². The van der Waals surface area contributed by atoms with Crippen molar-refractivity contribution in [2.45, 2.75) is 26.3 Å². The van der Waals surface area contributed by atoms with Crippen LogP contribution in [0.5, 0.6) is 5.75 Å². The molecule has 1 aromatic heterocycles. The summed E-state index contributed by atoms with van der Waals surface area (Å²) < 4.78 is 45.5. The molecule has 19 heavy (non-hydrogen) atoms. The maximum atomic E-state index is 12.4. The summed E-state index contributed by atoms with van der Waals surface area (Å²) >= 11 is 0. The largest absolute Gasteiger partial charge is 0.573 e. The van der Waals surface area contributed by atoms with Crippen molar-refractivity contribution in [3.63, 3.8) is 0 Å². The summed E-state index contributed by atoms with van der Waals surface area (Å²) in [4.78, 5) is 15.0. The Hall–Kier alpha value is -1.83. The van der Waals surface area contributed by atoms with Gasteiger partial charge in [-0.15, -0.1) is 13.2 Å². The zero-order valence-corrected chi connectivity index (χ0v) is 10.4. The summed E-state index contributed by atoms with van der Waals surface area (Å²) in [7, 11) is 1.14. The molecule has 0 aliphatic rings. The van der Waals surface area contributed by atoms with Crippen molar-refractivity contribution in [1.82, 2.24) is 4.98 Å². The first-order valence-electron chi connectivity index (χ1n) is 5.28. The number of nitrogens with two attached hydrogens (primary N) is 1. The molecular weight excluding hydrogens is 265 g/mol. The number of carbonyl (C=O) groups excluding carboxylic acids is 1. The molecule has 0 aromatic carbocycles. The van der Waals surface area contributed by atoms with E-state index in [1.54, 1.807) is 0 Å². The second kappa shape index (κ2) is 5.87. The van der Waals surface area contributed by atoms with Crippen LogP contribution in [0.2, 0.25) is 0 Å². The van der Waals surface area contributed by atoms with Gasteiger partial charge in [0.05, 0.1) is 19.2 Å². The molecule has 8 heteroatoms. The number of rotatable bonds is 4. The van der Waals surface area contributed by atoms with Crippen LogP contribution in [-0.4, -0.2) is 24.4 Å². The lowest BCUT2D eigenvalue weighted by atomic mass is 10.1. The molecular formula is C11H13F3N2O3. The van der Waals surface area contributed by atoms with E-state index in [4.69, 9.17) is 5.73 Å². The molecule has 0 aliphatic heterocycles. The van der Waals surface area contributed by atoms with E-state index in [0.29, 0.717) is 0 Å². The van der Waals surface area contributed by atoms with Crippen LogP contribution in [0.1, 0.15) is 16.8 Å². The fourth-order valence-electron chi connectivity index (χ4n) is 1.50. The molecule has 0 amide bonds. The molecule has 1 rings (SSSR count). The Bertz CT molecular complexity index is 475. The number of alkyl halides is 3. The highest BCUT2D eigenvalue weighted by Crippen LogP contribution is 2.31. The Labute approximate surface area is 107 Å². The summed E-state index contributed by atoms with van der Waals surface area (Å²) in [6.45, 7) is 1.37. The zero-order valence-electron chi connectivity index (χ0n) is 10.4. The summed E-state index contributed by atoms with van der Waals surface area (Å²) in [6.07, 6.45) is -4.09. The predicted octanol–water partition coefficient (Wildman–Crippen LogP) is 1.46. The Balaban J connectivity index is 3.22. The number of hydrogen-bond donors (Lipinski definition) is 1. The van der Waals surface area contributed by atoms with Crippen LogP contribution < -0.4 is 10.5 Å². The van der Waals surface area contributed by atoms with Gasteiger partial charge in [0.15, 0.2) is 0 Å². The molecule has 1 aromatic rings. The summed E-state index contributed by atoms with van der Waals surface area (Å²) in [6, 6.07) is 0. The van der Waals surface area contributed by atoms with Gasteiger partial charge in [-0.3, -0.25) is 9.78 Å². The SMILES string of the molecule is COC(=O)Cc1cnc(CN)c(C)c1OC(F)(F)F. The van der Waals surface area contributed by atoms with Crippen LogP contribution in [0.15, 0.2) is 6.20 Å². The van der Waals surface area contributed by atoms with Gasteiger partial charge in [0.1, 0.15) is 5.75 Å². The summed E-state index contributed by atoms with van der Waals surface area (Å²) in [5.74, 6) is -1.14. The number of methoxy groups -OCH3 is 1. The van der Waals surface area contributed by atoms with Gasteiger partial charge in [0.25, 0.3) is 0 Å². The van der Waals surface area contributed by atoms with Gasteiger partial charge in [0, 0.05) is 23.9 Å². The second-order valence-electron chi connectivity index (χ2n) is 3.69. The number of halogens is 3. The standard InChI is InChI=1S/C11H13F3N2O3/c1-6-8(4-15)16-5-7(3-9(17)18-2)10(6)19-11(12,13)14/h5H,3-4,15H2,1-2H3. The number of esters is 1. The molecule has 0 fully saturated rings. The van der Waals surface area contributed by atoms with Gasteiger partial charge >= 0.3 is 12.3 Å². The van der Waals surface area contributed by atoms with Crippen molar-refractivity contribution in [2.75, 3.05) is 7.11 Å². The van der Waals surface area contributed by atoms with E-state index >= 15 is 0 Å². The van der Waals surface area contributed by atoms with E-state index < -0.39 is 18.1 Å². The normalized spacial score (nSPS) is 11.3. The Morgan fingerprint density at radius 3 is 2.58 bits per heavy atom. The number of nitrogens with zero attached hydrogens (tertiary/aromatic N) is 1. The van der Waals surface area contributed by atoms with Gasteiger partial charge in [-0.25, -0.2) is 0 Å². The minimum atomic E-state index is -4.86. The molecule has 0 radical (unpaired) electrons. The Kier molecular flexibility index (Phi) is 4.71. The van der Waals surface area contributed by atoms with Crippen molar-refractivity contribution in [2.24, 2.45) is 5.73 Å². The number of aromatic nitrogens is 1. The van der Waals surface area contributed by atoms with Gasteiger partial charge in [-0.2, -0.15) is 0 Å². The maximum Gasteiger partial charge on any atom is 0.573 e. The van der Waals surface area contributed by atoms with Crippen molar-refractivity contribution in [1.29, 1.82) is 0 Å². The first-order chi connectivity index (χ1) is 8.78. The van der Waals surface area contributed by atoms with Crippen LogP contribution in [0.4, 0.5) is 13.2 Å². The topological polar surface area (TPSA) is 74.4 Å². The molecule has 0 unspecified atom stereocenters. The lowest BCUT2D eigenvalue weighted by molar-refractivity contribution is -0.275. The molecule has 1 heterocycles. The van der Waals surface area contributed by atoms with Gasteiger partial charge in [0.2, 0.25) is 0 Å². The smallest absolute Gasteiger partial charge is 0.469 e. The molecule has 106 valence electrons. The minimum Gasteiger partial charge on any atom is -0.469 e. The average molecular weight is 278 g/mol. The third-order valence-corrected chi connectivity index (χ3v) is 2.41. The number of carbonyl (C=O) groups is 1. The zero-order chi connectivity index (χ0) is 14.6. The fourth-order valence-corrected chi connectivity index (χ4v) is 1.50. The van der Waals surface area contributed by atoms with E-state index in [1.807, 2.05) is 0 Å². The number of hydrogen-bond acceptors (Lipinski definition) is 5. The average Bonchev–Trinajstić information content (AvgIpc) is 2.32. The van der Waals surface area contributed by atoms with Crippen molar-refractivity contribution in [3.05, 3.63) is 23.0 Å². The van der Waals surface area contributed by atoms with Crippen LogP contribution in [0, 0.1) is 6.92 Å². The van der Waals surface area contributed by atoms with E-state index in [-0.39, 0.29) is 29.8 Å². The van der Waals surface area contributed by atoms with Crippen LogP contribution in [0.25, 0.3) is 0 Å². The molecule has 2 N–H and O–H groups in total. The number of pyridine rings is 1. The fraction of sp³-hybridized carbons (Fsp3) is 0.455. The predicted molar refractivity (Wildman–Crippen MR) is 59.3 cm³/mol. The highest BCUT2D eigenvalue weighted by Gasteiger charge is 2.33. The Morgan fingerprint density at radius 2 is 2.11 bits per heavy atom. The van der Waals surface area contributed by atoms with Crippen molar-refractivity contribution in [3.8, 4) is 5.75 Å². The van der Waals surface area contributed by atoms with Crippen molar-refractivity contribution < 1.29 is 27.4 Å². The van der Waals surface area contributed by atoms with Gasteiger partial charge in [-0.05, 0) is 6.92 Å². The molecule has 0 spiro atoms. The monoisotopic (exact) mass is 278 g/mol. The number of ether oxygens (including phenoxy) is 2. The molecule has 0 saturated heterocycles. The van der Waals surface area contributed by atoms with Crippen LogP contribution >= 0.6 is 0 Å². The lowest BCUT2D eigenvalue weighted by Crippen LogP contribution is -2.21. The minimum absolute atomic E-state index is 0.00104. The second-order valence-corrected chi connectivity index (χ2v) is 3.69. The maximum absolute atomic E-state index is 12.4. The Morgan fingerprint density at radius 1 is 1.47 bits per heavy atom. The molecule has 0 saturated carbocycles. The van der Waals surface area contributed by atoms with E-state index in [1.165, 1.54) is 6.92 Å². The first kappa shape index (κ1) is 15.2. The van der Waals surface area contributed by atoms with Gasteiger partial charge in [-0.1, -0.05) is 0 Å². The van der Waals surface area contributed by atoms with E-state index in [9.17, 15) is 18.0 Å².